The van der Waals surface area contributed by atoms with Crippen molar-refractivity contribution in [3.05, 3.63) is 77.5 Å². The zero-order valence-electron chi connectivity index (χ0n) is 12.9. The van der Waals surface area contributed by atoms with Gasteiger partial charge in [-0.2, -0.15) is 0 Å². The molecule has 0 aliphatic rings. The Kier molecular flexibility index (Phi) is 4.33. The summed E-state index contributed by atoms with van der Waals surface area (Å²) in [5, 5.41) is 2.59. The van der Waals surface area contributed by atoms with E-state index in [4.69, 9.17) is 0 Å². The van der Waals surface area contributed by atoms with Crippen LogP contribution in [0.15, 0.2) is 54.7 Å². The second-order valence-electron chi connectivity index (χ2n) is 5.27. The number of aromatic nitrogens is 1. The van der Waals surface area contributed by atoms with Crippen LogP contribution in [0, 0.1) is 18.6 Å². The summed E-state index contributed by atoms with van der Waals surface area (Å²) in [4.78, 5) is 15.0. The van der Waals surface area contributed by atoms with Crippen molar-refractivity contribution < 1.29 is 13.6 Å². The van der Waals surface area contributed by atoms with E-state index in [0.29, 0.717) is 17.4 Å². The number of carbonyl (C=O) groups is 1. The van der Waals surface area contributed by atoms with Crippen molar-refractivity contribution in [1.29, 1.82) is 0 Å². The Labute approximate surface area is 138 Å². The van der Waals surface area contributed by atoms with Crippen LogP contribution in [0.2, 0.25) is 0 Å². The van der Waals surface area contributed by atoms with Crippen LogP contribution in [0.4, 0.5) is 20.3 Å². The van der Waals surface area contributed by atoms with Gasteiger partial charge in [-0.1, -0.05) is 30.3 Å². The molecule has 0 radical (unpaired) electrons. The minimum Gasteiger partial charge on any atom is -0.335 e. The van der Waals surface area contributed by atoms with Crippen LogP contribution in [0.5, 0.6) is 0 Å². The number of aldehydes is 1. The van der Waals surface area contributed by atoms with E-state index >= 15 is 0 Å². The van der Waals surface area contributed by atoms with Crippen LogP contribution < -0.4 is 5.32 Å². The fraction of sp³-hybridized carbons (Fsp3) is 0.0526. The molecule has 0 saturated carbocycles. The number of halogens is 2. The Hall–Kier alpha value is -3.08. The van der Waals surface area contributed by atoms with E-state index in [2.05, 4.69) is 10.3 Å². The summed E-state index contributed by atoms with van der Waals surface area (Å²) in [6.07, 6.45) is 2.02. The Morgan fingerprint density at radius 2 is 1.83 bits per heavy atom. The predicted octanol–water partition coefficient (Wildman–Crippen LogP) is 4.89. The highest BCUT2D eigenvalue weighted by Crippen LogP contribution is 2.33. The molecule has 0 spiro atoms. The fourth-order valence-electron chi connectivity index (χ4n) is 2.49. The number of benzene rings is 2. The lowest BCUT2D eigenvalue weighted by Crippen LogP contribution is -2.04. The number of anilines is 2. The molecule has 0 atom stereocenters. The molecule has 1 N–H and O–H groups in total. The molecule has 0 aliphatic carbocycles. The molecule has 0 bridgehead atoms. The number of pyridine rings is 1. The Morgan fingerprint density at radius 1 is 1.08 bits per heavy atom. The normalized spacial score (nSPS) is 10.5. The molecule has 2 aromatic carbocycles. The SMILES string of the molecule is Cc1c(-c2ccccc2)cc(F)c(Nc2ncccc2C=O)c1F. The highest BCUT2D eigenvalue weighted by Gasteiger charge is 2.18. The molecule has 0 amide bonds. The topological polar surface area (TPSA) is 42.0 Å². The third-order valence-corrected chi connectivity index (χ3v) is 3.76. The maximum Gasteiger partial charge on any atom is 0.153 e. The minimum absolute atomic E-state index is 0.108. The van der Waals surface area contributed by atoms with E-state index in [1.807, 2.05) is 6.07 Å². The predicted molar refractivity (Wildman–Crippen MR) is 89.4 cm³/mol. The van der Waals surface area contributed by atoms with Crippen molar-refractivity contribution in [3.8, 4) is 11.1 Å². The van der Waals surface area contributed by atoms with Gasteiger partial charge in [0.25, 0.3) is 0 Å². The van der Waals surface area contributed by atoms with Crippen molar-refractivity contribution in [2.45, 2.75) is 6.92 Å². The van der Waals surface area contributed by atoms with Crippen molar-refractivity contribution in [2.24, 2.45) is 0 Å². The van der Waals surface area contributed by atoms with Crippen LogP contribution in [0.25, 0.3) is 11.1 Å². The zero-order valence-corrected chi connectivity index (χ0v) is 12.9. The Bertz CT molecular complexity index is 895. The summed E-state index contributed by atoms with van der Waals surface area (Å²) in [6.45, 7) is 1.58. The number of hydrogen-bond acceptors (Lipinski definition) is 3. The molecular formula is C19H14F2N2O. The van der Waals surface area contributed by atoms with Gasteiger partial charge in [-0.25, -0.2) is 13.8 Å². The highest BCUT2D eigenvalue weighted by molar-refractivity contribution is 5.84. The number of nitrogens with zero attached hydrogens (tertiary/aromatic N) is 1. The summed E-state index contributed by atoms with van der Waals surface area (Å²) in [6, 6.07) is 13.4. The zero-order chi connectivity index (χ0) is 17.1. The Morgan fingerprint density at radius 3 is 2.54 bits per heavy atom. The van der Waals surface area contributed by atoms with Gasteiger partial charge in [-0.05, 0) is 41.8 Å². The van der Waals surface area contributed by atoms with Gasteiger partial charge in [0.2, 0.25) is 0 Å². The average Bonchev–Trinajstić information content (AvgIpc) is 2.62. The summed E-state index contributed by atoms with van der Waals surface area (Å²) in [7, 11) is 0. The van der Waals surface area contributed by atoms with Crippen LogP contribution in [-0.2, 0) is 0 Å². The average molecular weight is 324 g/mol. The number of rotatable bonds is 4. The molecule has 3 nitrogen and oxygen atoms in total. The molecular weight excluding hydrogens is 310 g/mol. The van der Waals surface area contributed by atoms with Gasteiger partial charge in [0.1, 0.15) is 17.3 Å². The summed E-state index contributed by atoms with van der Waals surface area (Å²) in [5.41, 5.74) is 1.42. The molecule has 0 unspecified atom stereocenters. The molecule has 3 aromatic rings. The molecule has 0 saturated heterocycles. The van der Waals surface area contributed by atoms with Crippen molar-refractivity contribution in [1.82, 2.24) is 4.98 Å². The lowest BCUT2D eigenvalue weighted by Gasteiger charge is -2.14. The van der Waals surface area contributed by atoms with Crippen LogP contribution in [0.3, 0.4) is 0 Å². The third-order valence-electron chi connectivity index (χ3n) is 3.76. The summed E-state index contributed by atoms with van der Waals surface area (Å²) in [5.74, 6) is -1.35. The van der Waals surface area contributed by atoms with E-state index in [1.165, 1.54) is 18.3 Å². The van der Waals surface area contributed by atoms with E-state index in [0.717, 1.165) is 5.56 Å². The van der Waals surface area contributed by atoms with Gasteiger partial charge in [-0.15, -0.1) is 0 Å². The van der Waals surface area contributed by atoms with Gasteiger partial charge in [-0.3, -0.25) is 4.79 Å². The maximum atomic E-state index is 14.7. The minimum atomic E-state index is -0.751. The molecule has 0 fully saturated rings. The van der Waals surface area contributed by atoms with Crippen LogP contribution >= 0.6 is 0 Å². The van der Waals surface area contributed by atoms with Gasteiger partial charge in [0.15, 0.2) is 12.1 Å². The first-order chi connectivity index (χ1) is 11.6. The van der Waals surface area contributed by atoms with E-state index in [9.17, 15) is 13.6 Å². The molecule has 24 heavy (non-hydrogen) atoms. The molecule has 5 heteroatoms. The first-order valence-corrected chi connectivity index (χ1v) is 7.33. The molecule has 1 aromatic heterocycles. The first kappa shape index (κ1) is 15.8. The Balaban J connectivity index is 2.08. The highest BCUT2D eigenvalue weighted by atomic mass is 19.1. The van der Waals surface area contributed by atoms with E-state index < -0.39 is 11.6 Å². The van der Waals surface area contributed by atoms with E-state index in [-0.39, 0.29) is 17.1 Å². The van der Waals surface area contributed by atoms with Gasteiger partial charge in [0, 0.05) is 6.20 Å². The first-order valence-electron chi connectivity index (χ1n) is 7.33. The van der Waals surface area contributed by atoms with Gasteiger partial charge < -0.3 is 5.32 Å². The smallest absolute Gasteiger partial charge is 0.153 e. The monoisotopic (exact) mass is 324 g/mol. The fourth-order valence-corrected chi connectivity index (χ4v) is 2.49. The van der Waals surface area contributed by atoms with Crippen LogP contribution in [0.1, 0.15) is 15.9 Å². The van der Waals surface area contributed by atoms with Crippen LogP contribution in [-0.4, -0.2) is 11.3 Å². The number of carbonyl (C=O) groups excluding carboxylic acids is 1. The van der Waals surface area contributed by atoms with Crippen molar-refractivity contribution >= 4 is 17.8 Å². The quantitative estimate of drug-likeness (QED) is 0.695. The maximum absolute atomic E-state index is 14.7. The molecule has 0 aliphatic heterocycles. The molecule has 3 rings (SSSR count). The lowest BCUT2D eigenvalue weighted by atomic mass is 9.99. The molecule has 120 valence electrons. The summed E-state index contributed by atoms with van der Waals surface area (Å²) < 4.78 is 29.2. The number of nitrogens with one attached hydrogen (secondary N) is 1. The van der Waals surface area contributed by atoms with Crippen molar-refractivity contribution in [2.75, 3.05) is 5.32 Å². The van der Waals surface area contributed by atoms with Crippen molar-refractivity contribution in [3.63, 3.8) is 0 Å². The van der Waals surface area contributed by atoms with Gasteiger partial charge >= 0.3 is 0 Å². The third kappa shape index (κ3) is 2.88. The lowest BCUT2D eigenvalue weighted by molar-refractivity contribution is 0.112. The molecule has 1 heterocycles. The van der Waals surface area contributed by atoms with Gasteiger partial charge in [0.05, 0.1) is 5.56 Å². The summed E-state index contributed by atoms with van der Waals surface area (Å²) >= 11 is 0. The second kappa shape index (κ2) is 6.58. The van der Waals surface area contributed by atoms with E-state index in [1.54, 1.807) is 37.3 Å². The second-order valence-corrected chi connectivity index (χ2v) is 5.27. The number of hydrogen-bond donors (Lipinski definition) is 1. The standard InChI is InChI=1S/C19H14F2N2O/c1-12-15(13-6-3-2-4-7-13)10-16(20)18(17(12)21)23-19-14(11-24)8-5-9-22-19/h2-11H,1H3,(H,22,23). The largest absolute Gasteiger partial charge is 0.335 e.